The number of imidazole rings is 1. The van der Waals surface area contributed by atoms with E-state index in [4.69, 9.17) is 9.40 Å². The Morgan fingerprint density at radius 1 is 1.14 bits per heavy atom. The SMILES string of the molecule is Cc1cc(Sc2nnc(-c3ccoc3C)n2C)n2c(nc3ccccc32)c1C#N. The van der Waals surface area contributed by atoms with Crippen LogP contribution in [-0.2, 0) is 7.05 Å². The Hall–Kier alpha value is -3.57. The number of hydrogen-bond donors (Lipinski definition) is 0. The molecule has 142 valence electrons. The van der Waals surface area contributed by atoms with Gasteiger partial charge < -0.3 is 8.98 Å². The van der Waals surface area contributed by atoms with Crippen LogP contribution in [0.4, 0.5) is 0 Å². The van der Waals surface area contributed by atoms with Crippen molar-refractivity contribution < 1.29 is 4.42 Å². The van der Waals surface area contributed by atoms with Gasteiger partial charge in [0.15, 0.2) is 16.6 Å². The fourth-order valence-electron chi connectivity index (χ4n) is 3.48. The first-order chi connectivity index (χ1) is 14.1. The molecule has 4 heterocycles. The molecule has 0 aliphatic carbocycles. The smallest absolute Gasteiger partial charge is 0.197 e. The van der Waals surface area contributed by atoms with Crippen molar-refractivity contribution in [1.29, 1.82) is 5.26 Å². The number of pyridine rings is 1. The molecule has 0 saturated heterocycles. The first-order valence-electron chi connectivity index (χ1n) is 9.01. The largest absolute Gasteiger partial charge is 0.469 e. The Morgan fingerprint density at radius 2 is 1.97 bits per heavy atom. The van der Waals surface area contributed by atoms with Gasteiger partial charge in [0, 0.05) is 7.05 Å². The zero-order valence-electron chi connectivity index (χ0n) is 16.0. The van der Waals surface area contributed by atoms with E-state index >= 15 is 0 Å². The first-order valence-corrected chi connectivity index (χ1v) is 9.82. The zero-order chi connectivity index (χ0) is 20.1. The highest BCUT2D eigenvalue weighted by Crippen LogP contribution is 2.34. The van der Waals surface area contributed by atoms with Crippen LogP contribution >= 0.6 is 11.8 Å². The van der Waals surface area contributed by atoms with E-state index in [0.29, 0.717) is 11.2 Å². The molecule has 0 N–H and O–H groups in total. The molecule has 4 aromatic heterocycles. The molecular formula is C21H16N6OS. The van der Waals surface area contributed by atoms with Crippen LogP contribution in [-0.4, -0.2) is 24.1 Å². The van der Waals surface area contributed by atoms with Crippen LogP contribution in [0, 0.1) is 25.2 Å². The fraction of sp³-hybridized carbons (Fsp3) is 0.143. The molecule has 0 saturated carbocycles. The predicted molar refractivity (Wildman–Crippen MR) is 110 cm³/mol. The predicted octanol–water partition coefficient (Wildman–Crippen LogP) is 4.52. The third-order valence-electron chi connectivity index (χ3n) is 4.98. The van der Waals surface area contributed by atoms with Crippen molar-refractivity contribution >= 4 is 28.4 Å². The van der Waals surface area contributed by atoms with Crippen molar-refractivity contribution in [1.82, 2.24) is 24.1 Å². The van der Waals surface area contributed by atoms with E-state index in [9.17, 15) is 5.26 Å². The van der Waals surface area contributed by atoms with Gasteiger partial charge in [0.25, 0.3) is 0 Å². The highest BCUT2D eigenvalue weighted by atomic mass is 32.2. The molecule has 5 rings (SSSR count). The number of nitriles is 1. The van der Waals surface area contributed by atoms with Crippen molar-refractivity contribution in [2.45, 2.75) is 24.0 Å². The molecule has 0 spiro atoms. The highest BCUT2D eigenvalue weighted by molar-refractivity contribution is 7.99. The number of aryl methyl sites for hydroxylation is 2. The van der Waals surface area contributed by atoms with E-state index in [-0.39, 0.29) is 0 Å². The Morgan fingerprint density at radius 3 is 2.72 bits per heavy atom. The van der Waals surface area contributed by atoms with Gasteiger partial charge in [-0.3, -0.25) is 4.40 Å². The summed E-state index contributed by atoms with van der Waals surface area (Å²) in [6, 6.07) is 14.1. The summed E-state index contributed by atoms with van der Waals surface area (Å²) in [5.74, 6) is 1.55. The third-order valence-corrected chi connectivity index (χ3v) is 6.03. The molecule has 0 unspecified atom stereocenters. The van der Waals surface area contributed by atoms with Crippen molar-refractivity contribution in [3.8, 4) is 17.5 Å². The normalized spacial score (nSPS) is 11.4. The van der Waals surface area contributed by atoms with Gasteiger partial charge in [-0.25, -0.2) is 4.98 Å². The standard InChI is InChI=1S/C21H16N6OS/c1-12-10-18(27-17-7-5-4-6-16(17)23-19(27)15(12)11-22)29-21-25-24-20(26(21)3)14-8-9-28-13(14)2/h4-10H,1-3H3. The quantitative estimate of drug-likeness (QED) is 0.443. The summed E-state index contributed by atoms with van der Waals surface area (Å²) < 4.78 is 9.37. The maximum absolute atomic E-state index is 9.66. The van der Waals surface area contributed by atoms with Gasteiger partial charge >= 0.3 is 0 Å². The summed E-state index contributed by atoms with van der Waals surface area (Å²) in [6.45, 7) is 3.83. The summed E-state index contributed by atoms with van der Waals surface area (Å²) in [5, 5.41) is 20.1. The molecule has 0 atom stereocenters. The van der Waals surface area contributed by atoms with Gasteiger partial charge in [0.1, 0.15) is 11.8 Å². The summed E-state index contributed by atoms with van der Waals surface area (Å²) in [6.07, 6.45) is 1.65. The number of hydrogen-bond acceptors (Lipinski definition) is 6. The molecule has 7 nitrogen and oxygen atoms in total. The van der Waals surface area contributed by atoms with Gasteiger partial charge in [-0.1, -0.05) is 12.1 Å². The molecule has 8 heteroatoms. The summed E-state index contributed by atoms with van der Waals surface area (Å²) >= 11 is 1.49. The number of benzene rings is 1. The average Bonchev–Trinajstić information content (AvgIpc) is 3.39. The van der Waals surface area contributed by atoms with Crippen LogP contribution in [0.5, 0.6) is 0 Å². The molecule has 0 bridgehead atoms. The van der Waals surface area contributed by atoms with E-state index in [2.05, 4.69) is 16.3 Å². The lowest BCUT2D eigenvalue weighted by Crippen LogP contribution is -1.99. The van der Waals surface area contributed by atoms with Gasteiger partial charge in [-0.2, -0.15) is 5.26 Å². The fourth-order valence-corrected chi connectivity index (χ4v) is 4.48. The molecule has 5 aromatic rings. The van der Waals surface area contributed by atoms with Crippen LogP contribution < -0.4 is 0 Å². The van der Waals surface area contributed by atoms with E-state index in [1.54, 1.807) is 6.26 Å². The van der Waals surface area contributed by atoms with Gasteiger partial charge in [-0.15, -0.1) is 10.2 Å². The van der Waals surface area contributed by atoms with Crippen LogP contribution in [0.25, 0.3) is 28.1 Å². The molecule has 0 radical (unpaired) electrons. The minimum absolute atomic E-state index is 0.582. The first kappa shape index (κ1) is 17.5. The second-order valence-electron chi connectivity index (χ2n) is 6.77. The van der Waals surface area contributed by atoms with E-state index < -0.39 is 0 Å². The molecule has 1 aromatic carbocycles. The second kappa shape index (κ2) is 6.50. The molecular weight excluding hydrogens is 384 g/mol. The van der Waals surface area contributed by atoms with Crippen LogP contribution in [0.15, 0.2) is 57.3 Å². The maximum atomic E-state index is 9.66. The maximum Gasteiger partial charge on any atom is 0.197 e. The lowest BCUT2D eigenvalue weighted by atomic mass is 10.2. The number of para-hydroxylation sites is 2. The van der Waals surface area contributed by atoms with Crippen LogP contribution in [0.3, 0.4) is 0 Å². The minimum Gasteiger partial charge on any atom is -0.469 e. The van der Waals surface area contributed by atoms with E-state index in [1.807, 2.05) is 66.3 Å². The third kappa shape index (κ3) is 2.62. The van der Waals surface area contributed by atoms with Crippen molar-refractivity contribution in [3.63, 3.8) is 0 Å². The molecule has 29 heavy (non-hydrogen) atoms. The minimum atomic E-state index is 0.582. The van der Waals surface area contributed by atoms with Crippen molar-refractivity contribution in [2.75, 3.05) is 0 Å². The lowest BCUT2D eigenvalue weighted by Gasteiger charge is -2.09. The Labute approximate surface area is 170 Å². The average molecular weight is 400 g/mol. The number of furan rings is 1. The highest BCUT2D eigenvalue weighted by Gasteiger charge is 2.19. The summed E-state index contributed by atoms with van der Waals surface area (Å²) in [5.41, 5.74) is 4.84. The monoisotopic (exact) mass is 400 g/mol. The van der Waals surface area contributed by atoms with Gasteiger partial charge in [-0.05, 0) is 55.4 Å². The Balaban J connectivity index is 1.70. The van der Waals surface area contributed by atoms with E-state index in [0.717, 1.165) is 43.9 Å². The molecule has 0 aliphatic rings. The Bertz CT molecular complexity index is 1440. The lowest BCUT2D eigenvalue weighted by molar-refractivity contribution is 0.534. The van der Waals surface area contributed by atoms with Crippen LogP contribution in [0.1, 0.15) is 16.9 Å². The van der Waals surface area contributed by atoms with Gasteiger partial charge in [0.05, 0.1) is 33.4 Å². The summed E-state index contributed by atoms with van der Waals surface area (Å²) in [7, 11) is 1.93. The topological polar surface area (TPSA) is 84.9 Å². The molecule has 0 aliphatic heterocycles. The molecule has 0 fully saturated rings. The van der Waals surface area contributed by atoms with Crippen molar-refractivity contribution in [3.05, 3.63) is 59.5 Å². The Kier molecular flexibility index (Phi) is 3.93. The number of aromatic nitrogens is 5. The van der Waals surface area contributed by atoms with Crippen molar-refractivity contribution in [2.24, 2.45) is 7.05 Å². The number of fused-ring (bicyclic) bond motifs is 3. The number of nitrogens with zero attached hydrogens (tertiary/aromatic N) is 6. The second-order valence-corrected chi connectivity index (χ2v) is 7.76. The van der Waals surface area contributed by atoms with Gasteiger partial charge in [0.2, 0.25) is 0 Å². The number of rotatable bonds is 3. The van der Waals surface area contributed by atoms with Crippen LogP contribution in [0.2, 0.25) is 0 Å². The van der Waals surface area contributed by atoms with E-state index in [1.165, 1.54) is 11.8 Å². The zero-order valence-corrected chi connectivity index (χ0v) is 16.9. The molecule has 0 amide bonds. The summed E-state index contributed by atoms with van der Waals surface area (Å²) in [4.78, 5) is 4.70.